The molecule has 0 aliphatic carbocycles. The van der Waals surface area contributed by atoms with E-state index in [0.717, 1.165) is 44.8 Å². The number of para-hydroxylation sites is 1. The number of hydrogen-bond acceptors (Lipinski definition) is 4. The quantitative estimate of drug-likeness (QED) is 0.771. The lowest BCUT2D eigenvalue weighted by Gasteiger charge is -2.36. The first kappa shape index (κ1) is 19.6. The van der Waals surface area contributed by atoms with Crippen LogP contribution < -0.4 is 9.64 Å². The van der Waals surface area contributed by atoms with Crippen molar-refractivity contribution in [2.24, 2.45) is 0 Å². The molecule has 1 N–H and O–H groups in total. The Morgan fingerprint density at radius 3 is 2.41 bits per heavy atom. The zero-order chi connectivity index (χ0) is 19.1. The second-order valence-electron chi connectivity index (χ2n) is 7.10. The average Bonchev–Trinajstić information content (AvgIpc) is 2.69. The molecule has 1 fully saturated rings. The molecule has 2 aromatic carbocycles. The van der Waals surface area contributed by atoms with E-state index in [4.69, 9.17) is 4.74 Å². The predicted molar refractivity (Wildman–Crippen MR) is 107 cm³/mol. The van der Waals surface area contributed by atoms with Gasteiger partial charge in [-0.05, 0) is 36.2 Å². The molecule has 3 rings (SSSR count). The van der Waals surface area contributed by atoms with Crippen molar-refractivity contribution in [2.75, 3.05) is 44.2 Å². The molecule has 0 unspecified atom stereocenters. The van der Waals surface area contributed by atoms with E-state index in [1.54, 1.807) is 6.07 Å². The molecule has 0 amide bonds. The highest BCUT2D eigenvalue weighted by Crippen LogP contribution is 2.20. The van der Waals surface area contributed by atoms with Crippen molar-refractivity contribution in [1.29, 1.82) is 0 Å². The number of aliphatic hydroxyl groups excluding tert-OH is 1. The first-order valence-corrected chi connectivity index (χ1v) is 9.77. The monoisotopic (exact) mass is 372 g/mol. The standard InChI is InChI=1S/C22H29FN2O2/c1-2-5-18-8-10-20(11-9-18)27-17-19(26)16-24-12-14-25(15-13-24)22-7-4-3-6-21(22)23/h3-4,6-11,19,26H,2,5,12-17H2,1H3/t19-/m1/s1. The first-order valence-electron chi connectivity index (χ1n) is 9.77. The Balaban J connectivity index is 1.40. The van der Waals surface area contributed by atoms with Crippen LogP contribution in [0.3, 0.4) is 0 Å². The van der Waals surface area contributed by atoms with Gasteiger partial charge in [0, 0.05) is 32.7 Å². The van der Waals surface area contributed by atoms with Gasteiger partial charge < -0.3 is 14.7 Å². The summed E-state index contributed by atoms with van der Waals surface area (Å²) in [7, 11) is 0. The Morgan fingerprint density at radius 1 is 1.04 bits per heavy atom. The first-order chi connectivity index (χ1) is 13.2. The molecule has 1 heterocycles. The molecule has 1 atom stereocenters. The molecule has 0 saturated carbocycles. The van der Waals surface area contributed by atoms with Crippen molar-refractivity contribution >= 4 is 5.69 Å². The Bertz CT molecular complexity index is 700. The Kier molecular flexibility index (Phi) is 7.07. The van der Waals surface area contributed by atoms with E-state index in [0.29, 0.717) is 12.2 Å². The summed E-state index contributed by atoms with van der Waals surface area (Å²) in [5, 5.41) is 10.3. The zero-order valence-electron chi connectivity index (χ0n) is 16.0. The van der Waals surface area contributed by atoms with Crippen molar-refractivity contribution in [2.45, 2.75) is 25.9 Å². The van der Waals surface area contributed by atoms with Gasteiger partial charge in [-0.15, -0.1) is 0 Å². The maximum absolute atomic E-state index is 13.9. The van der Waals surface area contributed by atoms with Crippen LogP contribution in [-0.2, 0) is 6.42 Å². The number of rotatable bonds is 8. The van der Waals surface area contributed by atoms with E-state index in [1.807, 2.05) is 24.3 Å². The number of β-amino-alcohol motifs (C(OH)–C–C–N with tert-alkyl or cyclic N) is 1. The van der Waals surface area contributed by atoms with Gasteiger partial charge >= 0.3 is 0 Å². The van der Waals surface area contributed by atoms with E-state index >= 15 is 0 Å². The van der Waals surface area contributed by atoms with E-state index in [2.05, 4.69) is 28.9 Å². The van der Waals surface area contributed by atoms with Crippen LogP contribution in [0.15, 0.2) is 48.5 Å². The molecule has 1 aliphatic rings. The van der Waals surface area contributed by atoms with Crippen LogP contribution in [0.4, 0.5) is 10.1 Å². The Labute approximate surface area is 161 Å². The van der Waals surface area contributed by atoms with Gasteiger partial charge in [-0.1, -0.05) is 37.6 Å². The molecule has 0 radical (unpaired) electrons. The maximum atomic E-state index is 13.9. The Morgan fingerprint density at radius 2 is 1.74 bits per heavy atom. The summed E-state index contributed by atoms with van der Waals surface area (Å²) in [6, 6.07) is 15.0. The van der Waals surface area contributed by atoms with Gasteiger partial charge in [-0.25, -0.2) is 4.39 Å². The van der Waals surface area contributed by atoms with Gasteiger partial charge in [0.25, 0.3) is 0 Å². The molecule has 2 aromatic rings. The summed E-state index contributed by atoms with van der Waals surface area (Å²) < 4.78 is 19.6. The summed E-state index contributed by atoms with van der Waals surface area (Å²) in [5.74, 6) is 0.614. The minimum Gasteiger partial charge on any atom is -0.491 e. The largest absolute Gasteiger partial charge is 0.491 e. The third-order valence-corrected chi connectivity index (χ3v) is 4.94. The minimum absolute atomic E-state index is 0.177. The van der Waals surface area contributed by atoms with Crippen molar-refractivity contribution in [1.82, 2.24) is 4.90 Å². The van der Waals surface area contributed by atoms with Gasteiger partial charge in [0.05, 0.1) is 5.69 Å². The van der Waals surface area contributed by atoms with E-state index < -0.39 is 6.10 Å². The molecule has 1 saturated heterocycles. The molecule has 0 spiro atoms. The fourth-order valence-electron chi connectivity index (χ4n) is 3.46. The second-order valence-corrected chi connectivity index (χ2v) is 7.10. The summed E-state index contributed by atoms with van der Waals surface area (Å²) in [4.78, 5) is 4.27. The average molecular weight is 372 g/mol. The van der Waals surface area contributed by atoms with E-state index in [9.17, 15) is 9.50 Å². The normalized spacial score (nSPS) is 16.3. The molecule has 146 valence electrons. The smallest absolute Gasteiger partial charge is 0.146 e. The van der Waals surface area contributed by atoms with Crippen molar-refractivity contribution in [3.8, 4) is 5.75 Å². The van der Waals surface area contributed by atoms with Crippen molar-refractivity contribution < 1.29 is 14.2 Å². The van der Waals surface area contributed by atoms with Crippen LogP contribution in [0.1, 0.15) is 18.9 Å². The highest BCUT2D eigenvalue weighted by Gasteiger charge is 2.21. The number of halogens is 1. The third kappa shape index (κ3) is 5.68. The van der Waals surface area contributed by atoms with Crippen LogP contribution in [-0.4, -0.2) is 55.4 Å². The van der Waals surface area contributed by atoms with Gasteiger partial charge in [0.1, 0.15) is 24.3 Å². The van der Waals surface area contributed by atoms with Crippen LogP contribution in [0.5, 0.6) is 5.75 Å². The third-order valence-electron chi connectivity index (χ3n) is 4.94. The number of aryl methyl sites for hydroxylation is 1. The molecule has 27 heavy (non-hydrogen) atoms. The molecule has 5 heteroatoms. The van der Waals surface area contributed by atoms with Crippen molar-refractivity contribution in [3.05, 3.63) is 59.9 Å². The highest BCUT2D eigenvalue weighted by atomic mass is 19.1. The number of nitrogens with zero attached hydrogens (tertiary/aromatic N) is 2. The van der Waals surface area contributed by atoms with E-state index in [-0.39, 0.29) is 12.4 Å². The number of anilines is 1. The summed E-state index contributed by atoms with van der Waals surface area (Å²) in [6.07, 6.45) is 1.66. The SMILES string of the molecule is CCCc1ccc(OC[C@H](O)CN2CCN(c3ccccc3F)CC2)cc1. The fraction of sp³-hybridized carbons (Fsp3) is 0.455. The van der Waals surface area contributed by atoms with Gasteiger partial charge in [0.2, 0.25) is 0 Å². The van der Waals surface area contributed by atoms with Crippen LogP contribution in [0.2, 0.25) is 0 Å². The summed E-state index contributed by atoms with van der Waals surface area (Å²) >= 11 is 0. The zero-order valence-corrected chi connectivity index (χ0v) is 16.0. The van der Waals surface area contributed by atoms with Gasteiger partial charge in [-0.2, -0.15) is 0 Å². The number of hydrogen-bond donors (Lipinski definition) is 1. The molecular weight excluding hydrogens is 343 g/mol. The van der Waals surface area contributed by atoms with Gasteiger partial charge in [0.15, 0.2) is 0 Å². The number of benzene rings is 2. The molecular formula is C22H29FN2O2. The maximum Gasteiger partial charge on any atom is 0.146 e. The topological polar surface area (TPSA) is 35.9 Å². The van der Waals surface area contributed by atoms with Gasteiger partial charge in [-0.3, -0.25) is 4.90 Å². The lowest BCUT2D eigenvalue weighted by Crippen LogP contribution is -2.49. The van der Waals surface area contributed by atoms with Crippen LogP contribution >= 0.6 is 0 Å². The van der Waals surface area contributed by atoms with Crippen LogP contribution in [0, 0.1) is 5.82 Å². The molecule has 4 nitrogen and oxygen atoms in total. The lowest BCUT2D eigenvalue weighted by atomic mass is 10.1. The summed E-state index contributed by atoms with van der Waals surface area (Å²) in [5.41, 5.74) is 1.96. The lowest BCUT2D eigenvalue weighted by molar-refractivity contribution is 0.0662. The highest BCUT2D eigenvalue weighted by molar-refractivity contribution is 5.48. The molecule has 1 aliphatic heterocycles. The molecule has 0 bridgehead atoms. The van der Waals surface area contributed by atoms with Crippen LogP contribution in [0.25, 0.3) is 0 Å². The fourth-order valence-corrected chi connectivity index (χ4v) is 3.46. The number of ether oxygens (including phenoxy) is 1. The number of piperazine rings is 1. The summed E-state index contributed by atoms with van der Waals surface area (Å²) in [6.45, 7) is 6.13. The second kappa shape index (κ2) is 9.72. The Hall–Kier alpha value is -2.11. The minimum atomic E-state index is -0.541. The molecule has 0 aromatic heterocycles. The van der Waals surface area contributed by atoms with E-state index in [1.165, 1.54) is 11.6 Å². The predicted octanol–water partition coefficient (Wildman–Crippen LogP) is 3.34. The number of aliphatic hydroxyl groups is 1. The van der Waals surface area contributed by atoms with Crippen molar-refractivity contribution in [3.63, 3.8) is 0 Å².